The molecular formula is C36H30F8O10. The first-order chi connectivity index (χ1) is 25.5. The topological polar surface area (TPSA) is 124 Å². The third kappa shape index (κ3) is 12.3. The zero-order valence-electron chi connectivity index (χ0n) is 28.0. The Morgan fingerprint density at radius 2 is 1.06 bits per heavy atom. The second-order valence-corrected chi connectivity index (χ2v) is 10.7. The predicted octanol–water partition coefficient (Wildman–Crippen LogP) is 8.22. The molecule has 0 aromatic heterocycles. The molecule has 0 saturated carbocycles. The van der Waals surface area contributed by atoms with Crippen molar-refractivity contribution in [1.82, 2.24) is 0 Å². The Balaban J connectivity index is 1.76. The molecule has 0 aliphatic heterocycles. The number of ether oxygens (including phenoxy) is 6. The van der Waals surface area contributed by atoms with Crippen molar-refractivity contribution in [2.45, 2.75) is 38.0 Å². The molecule has 3 aromatic carbocycles. The third-order valence-electron chi connectivity index (χ3n) is 6.85. The molecule has 0 aliphatic rings. The van der Waals surface area contributed by atoms with E-state index in [9.17, 15) is 54.3 Å². The van der Waals surface area contributed by atoms with Crippen LogP contribution in [0, 0.1) is 11.6 Å². The van der Waals surface area contributed by atoms with Gasteiger partial charge in [-0.15, -0.1) is 0 Å². The minimum Gasteiger partial charge on any atom is -0.493 e. The summed E-state index contributed by atoms with van der Waals surface area (Å²) in [4.78, 5) is 47.4. The highest BCUT2D eigenvalue weighted by atomic mass is 19.4. The quantitative estimate of drug-likeness (QED) is 0.0411. The highest BCUT2D eigenvalue weighted by molar-refractivity contribution is 5.93. The fourth-order valence-electron chi connectivity index (χ4n) is 4.35. The van der Waals surface area contributed by atoms with Crippen LogP contribution in [-0.2, 0) is 31.4 Å². The number of carbonyl (C=O) groups excluding carboxylic acids is 4. The molecule has 0 heterocycles. The first-order valence-electron chi connectivity index (χ1n) is 15.6. The predicted molar refractivity (Wildman–Crippen MR) is 171 cm³/mol. The molecule has 290 valence electrons. The fourth-order valence-corrected chi connectivity index (χ4v) is 4.35. The first-order valence-corrected chi connectivity index (χ1v) is 15.6. The molecule has 0 aliphatic carbocycles. The molecule has 0 radical (unpaired) electrons. The zero-order chi connectivity index (χ0) is 40.1. The molecule has 0 amide bonds. The van der Waals surface area contributed by atoms with Gasteiger partial charge >= 0.3 is 36.2 Å². The van der Waals surface area contributed by atoms with Gasteiger partial charge in [-0.05, 0) is 68.1 Å². The summed E-state index contributed by atoms with van der Waals surface area (Å²) in [5, 5.41) is 0. The normalized spacial score (nSPS) is 11.3. The Hall–Kier alpha value is -5.94. The summed E-state index contributed by atoms with van der Waals surface area (Å²) < 4.78 is 144. The van der Waals surface area contributed by atoms with Crippen molar-refractivity contribution in [2.75, 3.05) is 26.4 Å². The highest BCUT2D eigenvalue weighted by Gasteiger charge is 2.49. The van der Waals surface area contributed by atoms with Gasteiger partial charge in [0, 0.05) is 18.2 Å². The fraction of sp³-hybridized carbons (Fsp3) is 0.278. The number of rotatable bonds is 18. The molecule has 10 nitrogen and oxygen atoms in total. The maximum atomic E-state index is 14.8. The Bertz CT molecular complexity index is 1850. The van der Waals surface area contributed by atoms with E-state index in [1.165, 1.54) is 0 Å². The summed E-state index contributed by atoms with van der Waals surface area (Å²) in [5.41, 5.74) is -6.79. The van der Waals surface area contributed by atoms with Gasteiger partial charge in [-0.1, -0.05) is 13.2 Å². The molecule has 0 fully saturated rings. The van der Waals surface area contributed by atoms with Crippen molar-refractivity contribution < 1.29 is 82.7 Å². The van der Waals surface area contributed by atoms with Crippen LogP contribution < -0.4 is 18.9 Å². The van der Waals surface area contributed by atoms with E-state index >= 15 is 0 Å². The van der Waals surface area contributed by atoms with Crippen molar-refractivity contribution in [3.63, 3.8) is 0 Å². The lowest BCUT2D eigenvalue weighted by molar-refractivity contribution is -0.163. The lowest BCUT2D eigenvalue weighted by atomic mass is 10.0. The van der Waals surface area contributed by atoms with Gasteiger partial charge < -0.3 is 28.4 Å². The average Bonchev–Trinajstić information content (AvgIpc) is 3.10. The van der Waals surface area contributed by atoms with Gasteiger partial charge in [0.1, 0.15) is 34.2 Å². The number of hydrogen-bond acceptors (Lipinski definition) is 10. The van der Waals surface area contributed by atoms with E-state index < -0.39 is 81.6 Å². The van der Waals surface area contributed by atoms with E-state index in [2.05, 4.69) is 22.6 Å². The van der Waals surface area contributed by atoms with Gasteiger partial charge in [-0.25, -0.2) is 28.0 Å². The molecular weight excluding hydrogens is 744 g/mol. The van der Waals surface area contributed by atoms with Gasteiger partial charge in [0.05, 0.1) is 37.6 Å². The van der Waals surface area contributed by atoms with Gasteiger partial charge in [0.25, 0.3) is 0 Å². The van der Waals surface area contributed by atoms with E-state index in [0.717, 1.165) is 36.4 Å². The Morgan fingerprint density at radius 3 is 1.54 bits per heavy atom. The molecule has 0 N–H and O–H groups in total. The monoisotopic (exact) mass is 774 g/mol. The van der Waals surface area contributed by atoms with Gasteiger partial charge in [-0.3, -0.25) is 0 Å². The second kappa shape index (κ2) is 19.2. The molecule has 0 unspecified atom stereocenters. The molecule has 0 atom stereocenters. The van der Waals surface area contributed by atoms with Crippen LogP contribution in [0.25, 0.3) is 0 Å². The smallest absolute Gasteiger partial charge is 0.420 e. The summed E-state index contributed by atoms with van der Waals surface area (Å²) in [5.74, 6) is -11.1. The minimum atomic E-state index is -5.87. The van der Waals surface area contributed by atoms with Crippen molar-refractivity contribution in [3.8, 4) is 23.0 Å². The van der Waals surface area contributed by atoms with Crippen molar-refractivity contribution in [2.24, 2.45) is 0 Å². The minimum absolute atomic E-state index is 0.00876. The number of alkyl halides is 6. The summed E-state index contributed by atoms with van der Waals surface area (Å²) >= 11 is 0. The number of carbonyl (C=O) groups is 4. The van der Waals surface area contributed by atoms with Crippen LogP contribution in [-0.4, -0.2) is 50.3 Å². The largest absolute Gasteiger partial charge is 0.493 e. The lowest BCUT2D eigenvalue weighted by Gasteiger charge is -2.21. The van der Waals surface area contributed by atoms with Crippen molar-refractivity contribution >= 4 is 23.9 Å². The van der Waals surface area contributed by atoms with Crippen LogP contribution in [0.3, 0.4) is 0 Å². The Labute approximate surface area is 301 Å². The van der Waals surface area contributed by atoms with E-state index in [-0.39, 0.29) is 50.1 Å². The van der Waals surface area contributed by atoms with E-state index in [4.69, 9.17) is 18.9 Å². The van der Waals surface area contributed by atoms with Crippen molar-refractivity contribution in [3.05, 3.63) is 108 Å². The number of unbranched alkanes of at least 4 members (excludes halogenated alkanes) is 2. The number of hydrogen-bond donors (Lipinski definition) is 0. The zero-order valence-corrected chi connectivity index (χ0v) is 28.0. The maximum Gasteiger partial charge on any atom is 0.420 e. The second-order valence-electron chi connectivity index (χ2n) is 10.7. The van der Waals surface area contributed by atoms with Crippen molar-refractivity contribution in [1.29, 1.82) is 0 Å². The molecule has 3 rings (SSSR count). The summed E-state index contributed by atoms with van der Waals surface area (Å²) in [6.07, 6.45) is -8.44. The van der Waals surface area contributed by atoms with Gasteiger partial charge in [0.2, 0.25) is 0 Å². The molecule has 3 aromatic rings. The molecule has 54 heavy (non-hydrogen) atoms. The first kappa shape index (κ1) is 42.5. The molecule has 18 heteroatoms. The number of benzene rings is 3. The van der Waals surface area contributed by atoms with Crippen LogP contribution in [0.4, 0.5) is 35.1 Å². The van der Waals surface area contributed by atoms with E-state index in [1.807, 2.05) is 0 Å². The maximum absolute atomic E-state index is 14.8. The highest BCUT2D eigenvalue weighted by Crippen LogP contribution is 2.49. The summed E-state index contributed by atoms with van der Waals surface area (Å²) in [6.45, 7) is 6.50. The standard InChI is InChI=1S/C36H30F8O10/c1-3-29(45)51-17-7-5-15-49-22-10-11-23(24(37)20-22)34(48)54-28-14-13-27(31(35(39,40)41)32(28)36(42,43)44)53-33(47)21-9-12-26(25(38)19-21)50-16-6-8-18-52-30(46)4-2/h3-4,9-14,19-20H,1-2,5-8,15-18H2. The Kier molecular flexibility index (Phi) is 15.1. The van der Waals surface area contributed by atoms with Crippen LogP contribution in [0.15, 0.2) is 73.8 Å². The SMILES string of the molecule is C=CC(=O)OCCCCOc1ccc(C(=O)Oc2ccc(OC(=O)c3ccc(OCCCCOC(=O)C=C)c(F)c3)c(C(F)(F)F)c2C(F)(F)F)c(F)c1. The van der Waals surface area contributed by atoms with Gasteiger partial charge in [0.15, 0.2) is 11.6 Å². The summed E-state index contributed by atoms with van der Waals surface area (Å²) in [7, 11) is 0. The molecule has 0 saturated heterocycles. The van der Waals surface area contributed by atoms with Crippen LogP contribution in [0.5, 0.6) is 23.0 Å². The Morgan fingerprint density at radius 1 is 0.574 bits per heavy atom. The number of esters is 4. The van der Waals surface area contributed by atoms with E-state index in [0.29, 0.717) is 37.8 Å². The summed E-state index contributed by atoms with van der Waals surface area (Å²) in [6, 6.07) is 5.38. The van der Waals surface area contributed by atoms with Crippen LogP contribution in [0.1, 0.15) is 57.5 Å². The van der Waals surface area contributed by atoms with Crippen LogP contribution >= 0.6 is 0 Å². The van der Waals surface area contributed by atoms with Crippen LogP contribution in [0.2, 0.25) is 0 Å². The average molecular weight is 775 g/mol. The third-order valence-corrected chi connectivity index (χ3v) is 6.85. The van der Waals surface area contributed by atoms with E-state index in [1.54, 1.807) is 0 Å². The lowest BCUT2D eigenvalue weighted by Crippen LogP contribution is -2.22. The molecule has 0 bridgehead atoms. The molecule has 0 spiro atoms. The van der Waals surface area contributed by atoms with Gasteiger partial charge in [-0.2, -0.15) is 26.3 Å². The number of halogens is 8.